The second-order valence-corrected chi connectivity index (χ2v) is 5.37. The number of nitrogens with zero attached hydrogens (tertiary/aromatic N) is 4. The van der Waals surface area contributed by atoms with Crippen molar-refractivity contribution < 1.29 is 4.92 Å². The largest absolute Gasteiger partial charge is 0.361 e. The second-order valence-electron chi connectivity index (χ2n) is 4.11. The van der Waals surface area contributed by atoms with Crippen molar-refractivity contribution in [2.45, 2.75) is 19.9 Å². The molecule has 20 heavy (non-hydrogen) atoms. The van der Waals surface area contributed by atoms with Crippen LogP contribution in [0, 0.1) is 28.4 Å². The summed E-state index contributed by atoms with van der Waals surface area (Å²) in [5.74, 6) is 0.410. The summed E-state index contributed by atoms with van der Waals surface area (Å²) in [4.78, 5) is 19.4. The van der Waals surface area contributed by atoms with Gasteiger partial charge in [0.2, 0.25) is 5.69 Å². The molecule has 0 aliphatic carbocycles. The zero-order valence-electron chi connectivity index (χ0n) is 10.8. The molecule has 0 bridgehead atoms. The van der Waals surface area contributed by atoms with Gasteiger partial charge in [-0.15, -0.1) is 11.3 Å². The van der Waals surface area contributed by atoms with E-state index in [1.807, 2.05) is 13.8 Å². The average Bonchev–Trinajstić information content (AvgIpc) is 2.85. The highest BCUT2D eigenvalue weighted by molar-refractivity contribution is 7.11. The lowest BCUT2D eigenvalue weighted by molar-refractivity contribution is -0.385. The Labute approximate surface area is 119 Å². The van der Waals surface area contributed by atoms with Crippen molar-refractivity contribution in [3.8, 4) is 6.07 Å². The summed E-state index contributed by atoms with van der Waals surface area (Å²) in [6.45, 7) is 3.87. The third-order valence-electron chi connectivity index (χ3n) is 2.55. The Bertz CT molecular complexity index is 691. The number of aromatic nitrogens is 2. The molecule has 7 nitrogen and oxygen atoms in total. The molecule has 1 N–H and O–H groups in total. The minimum absolute atomic E-state index is 0.0887. The number of pyridine rings is 1. The van der Waals surface area contributed by atoms with Crippen molar-refractivity contribution in [2.24, 2.45) is 0 Å². The highest BCUT2D eigenvalue weighted by Gasteiger charge is 2.17. The molecule has 0 radical (unpaired) electrons. The molecule has 1 unspecified atom stereocenters. The predicted octanol–water partition coefficient (Wildman–Crippen LogP) is 2.80. The summed E-state index contributed by atoms with van der Waals surface area (Å²) >= 11 is 1.56. The number of nitro groups is 1. The molecule has 0 spiro atoms. The number of aryl methyl sites for hydroxylation is 1. The molecule has 0 saturated carbocycles. The standard InChI is InChI=1S/C12H11N5O2S/c1-7-6-14-12(20-7)8(2)15-11-4-3-10(17(18)19)9(5-13)16-11/h3-4,6,8H,1-2H3,(H,15,16). The van der Waals surface area contributed by atoms with Gasteiger partial charge in [0.25, 0.3) is 0 Å². The number of anilines is 1. The minimum Gasteiger partial charge on any atom is -0.361 e. The van der Waals surface area contributed by atoms with Crippen molar-refractivity contribution in [1.29, 1.82) is 5.26 Å². The molecule has 102 valence electrons. The van der Waals surface area contributed by atoms with Gasteiger partial charge in [0.1, 0.15) is 16.9 Å². The van der Waals surface area contributed by atoms with E-state index in [4.69, 9.17) is 5.26 Å². The van der Waals surface area contributed by atoms with E-state index in [2.05, 4.69) is 15.3 Å². The summed E-state index contributed by atoms with van der Waals surface area (Å²) in [6, 6.07) is 4.39. The Balaban J connectivity index is 2.22. The monoisotopic (exact) mass is 289 g/mol. The molecule has 0 saturated heterocycles. The minimum atomic E-state index is -0.622. The number of hydrogen-bond acceptors (Lipinski definition) is 7. The van der Waals surface area contributed by atoms with Gasteiger partial charge in [0.15, 0.2) is 0 Å². The van der Waals surface area contributed by atoms with E-state index in [1.54, 1.807) is 23.6 Å². The van der Waals surface area contributed by atoms with Gasteiger partial charge >= 0.3 is 5.69 Å². The molecule has 2 rings (SSSR count). The summed E-state index contributed by atoms with van der Waals surface area (Å²) in [5, 5.41) is 23.6. The zero-order valence-corrected chi connectivity index (χ0v) is 11.6. The number of nitrogens with one attached hydrogen (secondary N) is 1. The van der Waals surface area contributed by atoms with Crippen LogP contribution in [0.4, 0.5) is 11.5 Å². The summed E-state index contributed by atoms with van der Waals surface area (Å²) in [7, 11) is 0. The summed E-state index contributed by atoms with van der Waals surface area (Å²) in [5.41, 5.74) is -0.502. The molecule has 0 aromatic carbocycles. The molecule has 0 fully saturated rings. The average molecular weight is 289 g/mol. The van der Waals surface area contributed by atoms with E-state index >= 15 is 0 Å². The maximum absolute atomic E-state index is 10.7. The maximum atomic E-state index is 10.7. The number of thiazole rings is 1. The number of rotatable bonds is 4. The van der Waals surface area contributed by atoms with Crippen LogP contribution in [0.3, 0.4) is 0 Å². The number of hydrogen-bond donors (Lipinski definition) is 1. The van der Waals surface area contributed by atoms with Crippen molar-refractivity contribution in [3.05, 3.63) is 44.0 Å². The first kappa shape index (κ1) is 13.9. The van der Waals surface area contributed by atoms with Gasteiger partial charge in [0.05, 0.1) is 11.0 Å². The lowest BCUT2D eigenvalue weighted by Crippen LogP contribution is -2.08. The number of nitriles is 1. The third kappa shape index (κ3) is 2.89. The summed E-state index contributed by atoms with van der Waals surface area (Å²) in [6.07, 6.45) is 1.78. The first-order valence-electron chi connectivity index (χ1n) is 5.75. The third-order valence-corrected chi connectivity index (χ3v) is 3.65. The molecule has 1 atom stereocenters. The van der Waals surface area contributed by atoms with Crippen LogP contribution in [-0.2, 0) is 0 Å². The molecule has 2 aromatic rings. The fourth-order valence-electron chi connectivity index (χ4n) is 1.62. The van der Waals surface area contributed by atoms with Gasteiger partial charge in [-0.05, 0) is 19.9 Å². The zero-order chi connectivity index (χ0) is 14.7. The van der Waals surface area contributed by atoms with E-state index in [1.165, 1.54) is 12.1 Å². The Morgan fingerprint density at radius 1 is 1.55 bits per heavy atom. The SMILES string of the molecule is Cc1cnc(C(C)Nc2ccc([N+](=O)[O-])c(C#N)n2)s1. The highest BCUT2D eigenvalue weighted by Crippen LogP contribution is 2.24. The van der Waals surface area contributed by atoms with Gasteiger partial charge in [-0.2, -0.15) is 5.26 Å². The van der Waals surface area contributed by atoms with Crippen LogP contribution >= 0.6 is 11.3 Å². The van der Waals surface area contributed by atoms with Crippen LogP contribution in [0.5, 0.6) is 0 Å². The van der Waals surface area contributed by atoms with Gasteiger partial charge < -0.3 is 5.32 Å². The second kappa shape index (κ2) is 5.63. The first-order valence-corrected chi connectivity index (χ1v) is 6.57. The molecule has 0 aliphatic heterocycles. The van der Waals surface area contributed by atoms with Gasteiger partial charge in [-0.25, -0.2) is 9.97 Å². The lowest BCUT2D eigenvalue weighted by Gasteiger charge is -2.11. The van der Waals surface area contributed by atoms with Crippen molar-refractivity contribution in [3.63, 3.8) is 0 Å². The Kier molecular flexibility index (Phi) is 3.91. The predicted molar refractivity (Wildman–Crippen MR) is 74.5 cm³/mol. The van der Waals surface area contributed by atoms with Crippen LogP contribution in [0.15, 0.2) is 18.3 Å². The lowest BCUT2D eigenvalue weighted by atomic mass is 10.3. The van der Waals surface area contributed by atoms with Crippen LogP contribution < -0.4 is 5.32 Å². The molecular formula is C12H11N5O2S. The molecule has 0 amide bonds. The highest BCUT2D eigenvalue weighted by atomic mass is 32.1. The van der Waals surface area contributed by atoms with Crippen LogP contribution in [-0.4, -0.2) is 14.9 Å². The van der Waals surface area contributed by atoms with Crippen molar-refractivity contribution in [2.75, 3.05) is 5.32 Å². The molecule has 0 aliphatic rings. The fourth-order valence-corrected chi connectivity index (χ4v) is 2.39. The van der Waals surface area contributed by atoms with Crippen molar-refractivity contribution in [1.82, 2.24) is 9.97 Å². The first-order chi connectivity index (χ1) is 9.51. The Hall–Kier alpha value is -2.53. The maximum Gasteiger partial charge on any atom is 0.305 e. The topological polar surface area (TPSA) is 105 Å². The van der Waals surface area contributed by atoms with Crippen LogP contribution in [0.1, 0.15) is 28.5 Å². The molecular weight excluding hydrogens is 278 g/mol. The van der Waals surface area contributed by atoms with E-state index in [0.717, 1.165) is 9.88 Å². The van der Waals surface area contributed by atoms with Gasteiger partial charge in [0, 0.05) is 17.1 Å². The smallest absolute Gasteiger partial charge is 0.305 e. The van der Waals surface area contributed by atoms with Crippen molar-refractivity contribution >= 4 is 22.8 Å². The van der Waals surface area contributed by atoms with E-state index < -0.39 is 4.92 Å². The van der Waals surface area contributed by atoms with Gasteiger partial charge in [-0.1, -0.05) is 0 Å². The quantitative estimate of drug-likeness (QED) is 0.685. The van der Waals surface area contributed by atoms with E-state index in [0.29, 0.717) is 5.82 Å². The van der Waals surface area contributed by atoms with E-state index in [9.17, 15) is 10.1 Å². The molecule has 2 heterocycles. The normalized spacial score (nSPS) is 11.7. The molecule has 2 aromatic heterocycles. The van der Waals surface area contributed by atoms with E-state index in [-0.39, 0.29) is 17.4 Å². The Morgan fingerprint density at radius 2 is 2.30 bits per heavy atom. The van der Waals surface area contributed by atoms with Gasteiger partial charge in [-0.3, -0.25) is 10.1 Å². The fraction of sp³-hybridized carbons (Fsp3) is 0.250. The molecule has 8 heteroatoms. The summed E-state index contributed by atoms with van der Waals surface area (Å²) < 4.78 is 0. The Morgan fingerprint density at radius 3 is 2.85 bits per heavy atom. The van der Waals surface area contributed by atoms with Crippen LogP contribution in [0.2, 0.25) is 0 Å². The van der Waals surface area contributed by atoms with Crippen LogP contribution in [0.25, 0.3) is 0 Å².